The number of hydrogen-bond acceptors (Lipinski definition) is 3. The fourth-order valence-electron chi connectivity index (χ4n) is 2.13. The third kappa shape index (κ3) is 2.75. The minimum absolute atomic E-state index is 0.338. The number of halogens is 1. The van der Waals surface area contributed by atoms with Crippen LogP contribution in [0.2, 0.25) is 0 Å². The second kappa shape index (κ2) is 5.27. The van der Waals surface area contributed by atoms with Gasteiger partial charge in [-0.15, -0.1) is 0 Å². The molecule has 0 bridgehead atoms. The van der Waals surface area contributed by atoms with E-state index in [0.717, 1.165) is 29.0 Å². The van der Waals surface area contributed by atoms with Gasteiger partial charge >= 0.3 is 0 Å². The van der Waals surface area contributed by atoms with E-state index in [1.54, 1.807) is 7.11 Å². The Balaban J connectivity index is 2.38. The van der Waals surface area contributed by atoms with Gasteiger partial charge in [-0.2, -0.15) is 0 Å². The van der Waals surface area contributed by atoms with Crippen LogP contribution >= 0.6 is 15.9 Å². The average Bonchev–Trinajstić information content (AvgIpc) is 2.29. The van der Waals surface area contributed by atoms with Gasteiger partial charge in [0.2, 0.25) is 0 Å². The first-order chi connectivity index (χ1) is 8.11. The molecule has 0 aliphatic carbocycles. The number of hydrogen-bond donors (Lipinski definition) is 1. The van der Waals surface area contributed by atoms with E-state index in [4.69, 9.17) is 9.47 Å². The van der Waals surface area contributed by atoms with Crippen molar-refractivity contribution in [2.24, 2.45) is 0 Å². The number of ether oxygens (including phenoxy) is 2. The van der Waals surface area contributed by atoms with Gasteiger partial charge in [0.15, 0.2) is 0 Å². The second-order valence-corrected chi connectivity index (χ2v) is 5.39. The van der Waals surface area contributed by atoms with Gasteiger partial charge in [0.25, 0.3) is 0 Å². The van der Waals surface area contributed by atoms with Crippen LogP contribution < -0.4 is 14.8 Å². The van der Waals surface area contributed by atoms with Crippen LogP contribution in [0.5, 0.6) is 11.5 Å². The lowest BCUT2D eigenvalue weighted by Gasteiger charge is -2.29. The van der Waals surface area contributed by atoms with Crippen molar-refractivity contribution in [3.8, 4) is 11.5 Å². The summed E-state index contributed by atoms with van der Waals surface area (Å²) in [5, 5.41) is 3.56. The van der Waals surface area contributed by atoms with Gasteiger partial charge in [0, 0.05) is 24.1 Å². The number of benzene rings is 1. The maximum atomic E-state index is 5.72. The van der Waals surface area contributed by atoms with Crippen molar-refractivity contribution in [2.75, 3.05) is 13.7 Å². The molecule has 0 fully saturated rings. The summed E-state index contributed by atoms with van der Waals surface area (Å²) in [6.07, 6.45) is 0.991. The summed E-state index contributed by atoms with van der Waals surface area (Å²) in [7, 11) is 1.68. The van der Waals surface area contributed by atoms with Crippen LogP contribution in [-0.4, -0.2) is 19.8 Å². The van der Waals surface area contributed by atoms with E-state index >= 15 is 0 Å². The third-order valence-corrected chi connectivity index (χ3v) is 3.43. The lowest BCUT2D eigenvalue weighted by Crippen LogP contribution is -2.32. The smallest absolute Gasteiger partial charge is 0.138 e. The fourth-order valence-corrected chi connectivity index (χ4v) is 2.70. The zero-order chi connectivity index (χ0) is 12.4. The van der Waals surface area contributed by atoms with Gasteiger partial charge in [-0.3, -0.25) is 0 Å². The van der Waals surface area contributed by atoms with Crippen molar-refractivity contribution in [3.05, 3.63) is 22.2 Å². The molecule has 2 rings (SSSR count). The van der Waals surface area contributed by atoms with Gasteiger partial charge in [-0.1, -0.05) is 13.8 Å². The summed E-state index contributed by atoms with van der Waals surface area (Å²) >= 11 is 3.53. The Bertz CT molecular complexity index is 407. The van der Waals surface area contributed by atoms with E-state index in [0.29, 0.717) is 12.1 Å². The van der Waals surface area contributed by atoms with Gasteiger partial charge in [-0.25, -0.2) is 0 Å². The topological polar surface area (TPSA) is 30.5 Å². The van der Waals surface area contributed by atoms with Gasteiger partial charge in [0.1, 0.15) is 11.5 Å². The quantitative estimate of drug-likeness (QED) is 0.929. The zero-order valence-corrected chi connectivity index (χ0v) is 12.0. The predicted molar refractivity (Wildman–Crippen MR) is 71.8 cm³/mol. The molecule has 17 heavy (non-hydrogen) atoms. The van der Waals surface area contributed by atoms with Crippen LogP contribution in [0.1, 0.15) is 31.9 Å². The fraction of sp³-hybridized carbons (Fsp3) is 0.538. The summed E-state index contributed by atoms with van der Waals surface area (Å²) in [5.74, 6) is 1.80. The Morgan fingerprint density at radius 1 is 1.47 bits per heavy atom. The number of fused-ring (bicyclic) bond motifs is 1. The lowest BCUT2D eigenvalue weighted by atomic mass is 9.99. The Morgan fingerprint density at radius 2 is 2.24 bits per heavy atom. The molecule has 1 heterocycles. The summed E-state index contributed by atoms with van der Waals surface area (Å²) in [5.41, 5.74) is 1.18. The summed E-state index contributed by atoms with van der Waals surface area (Å²) in [4.78, 5) is 0. The van der Waals surface area contributed by atoms with E-state index in [1.165, 1.54) is 5.56 Å². The maximum Gasteiger partial charge on any atom is 0.138 e. The number of methoxy groups -OCH3 is 1. The van der Waals surface area contributed by atoms with Gasteiger partial charge < -0.3 is 14.8 Å². The average molecular weight is 300 g/mol. The molecular weight excluding hydrogens is 282 g/mol. The van der Waals surface area contributed by atoms with Crippen molar-refractivity contribution in [1.29, 1.82) is 0 Å². The van der Waals surface area contributed by atoms with Crippen molar-refractivity contribution < 1.29 is 9.47 Å². The second-order valence-electron chi connectivity index (χ2n) is 4.54. The van der Waals surface area contributed by atoms with E-state index in [2.05, 4.69) is 41.2 Å². The molecule has 1 atom stereocenters. The van der Waals surface area contributed by atoms with Crippen LogP contribution in [0.4, 0.5) is 0 Å². The van der Waals surface area contributed by atoms with Crippen molar-refractivity contribution in [1.82, 2.24) is 5.32 Å². The minimum Gasteiger partial charge on any atom is -0.497 e. The van der Waals surface area contributed by atoms with Crippen molar-refractivity contribution in [3.63, 3.8) is 0 Å². The van der Waals surface area contributed by atoms with Gasteiger partial charge in [-0.05, 0) is 28.1 Å². The highest BCUT2D eigenvalue weighted by atomic mass is 79.9. The standard InChI is InChI=1S/C13H18BrNO2/c1-8(2)15-12-4-5-17-13-10(12)6-9(16-3)7-11(13)14/h6-8,12,15H,4-5H2,1-3H3. The first-order valence-corrected chi connectivity index (χ1v) is 6.67. The lowest BCUT2D eigenvalue weighted by molar-refractivity contribution is 0.245. The molecule has 3 nitrogen and oxygen atoms in total. The van der Waals surface area contributed by atoms with Crippen LogP contribution in [0, 0.1) is 0 Å². The summed E-state index contributed by atoms with van der Waals surface area (Å²) < 4.78 is 12.0. The normalized spacial score (nSPS) is 18.8. The highest BCUT2D eigenvalue weighted by Gasteiger charge is 2.24. The molecule has 0 saturated heterocycles. The van der Waals surface area contributed by atoms with Crippen molar-refractivity contribution in [2.45, 2.75) is 32.4 Å². The molecular formula is C13H18BrNO2. The Hall–Kier alpha value is -0.740. The Morgan fingerprint density at radius 3 is 2.88 bits per heavy atom. The van der Waals surface area contributed by atoms with Crippen LogP contribution in [0.15, 0.2) is 16.6 Å². The minimum atomic E-state index is 0.338. The number of rotatable bonds is 3. The number of nitrogens with one attached hydrogen (secondary N) is 1. The zero-order valence-electron chi connectivity index (χ0n) is 10.4. The molecule has 0 saturated carbocycles. The largest absolute Gasteiger partial charge is 0.497 e. The molecule has 4 heteroatoms. The van der Waals surface area contributed by atoms with E-state index in [9.17, 15) is 0 Å². The van der Waals surface area contributed by atoms with E-state index in [1.807, 2.05) is 6.07 Å². The molecule has 1 unspecified atom stereocenters. The Kier molecular flexibility index (Phi) is 3.94. The van der Waals surface area contributed by atoms with E-state index < -0.39 is 0 Å². The third-order valence-electron chi connectivity index (χ3n) is 2.84. The molecule has 94 valence electrons. The molecule has 0 aromatic heterocycles. The first kappa shape index (κ1) is 12.7. The first-order valence-electron chi connectivity index (χ1n) is 5.88. The molecule has 1 aliphatic rings. The van der Waals surface area contributed by atoms with E-state index in [-0.39, 0.29) is 0 Å². The van der Waals surface area contributed by atoms with Gasteiger partial charge in [0.05, 0.1) is 18.2 Å². The highest BCUT2D eigenvalue weighted by Crippen LogP contribution is 2.40. The monoisotopic (exact) mass is 299 g/mol. The summed E-state index contributed by atoms with van der Waals surface area (Å²) in [6, 6.07) is 4.79. The summed E-state index contributed by atoms with van der Waals surface area (Å²) in [6.45, 7) is 5.07. The molecule has 1 aromatic carbocycles. The van der Waals surface area contributed by atoms with Crippen LogP contribution in [0.3, 0.4) is 0 Å². The molecule has 1 aromatic rings. The predicted octanol–water partition coefficient (Wildman–Crippen LogP) is 3.28. The van der Waals surface area contributed by atoms with Crippen LogP contribution in [-0.2, 0) is 0 Å². The Labute approximate surface area is 111 Å². The SMILES string of the molecule is COc1cc(Br)c2c(c1)C(NC(C)C)CCO2. The molecule has 0 spiro atoms. The molecule has 0 radical (unpaired) electrons. The van der Waals surface area contributed by atoms with Crippen LogP contribution in [0.25, 0.3) is 0 Å². The molecule has 1 aliphatic heterocycles. The molecule has 0 amide bonds. The maximum absolute atomic E-state index is 5.72. The highest BCUT2D eigenvalue weighted by molar-refractivity contribution is 9.10. The van der Waals surface area contributed by atoms with Crippen molar-refractivity contribution >= 4 is 15.9 Å². The molecule has 1 N–H and O–H groups in total.